The molecule has 104 valence electrons. The van der Waals surface area contributed by atoms with Gasteiger partial charge in [-0.3, -0.25) is 0 Å². The highest BCUT2D eigenvalue weighted by Crippen LogP contribution is 2.30. The minimum atomic E-state index is -3.56. The monoisotopic (exact) mass is 284 g/mol. The summed E-state index contributed by atoms with van der Waals surface area (Å²) in [6, 6.07) is 5.24. The molecule has 0 bridgehead atoms. The molecule has 2 atom stereocenters. The van der Waals surface area contributed by atoms with E-state index in [2.05, 4.69) is 5.32 Å². The Morgan fingerprint density at radius 1 is 1.26 bits per heavy atom. The SMILES string of the molecule is O=S(=O)(c1cccc(F)c1)N1CCC2CNCC2C1. The van der Waals surface area contributed by atoms with Crippen LogP contribution in [0.4, 0.5) is 4.39 Å². The Balaban J connectivity index is 1.85. The van der Waals surface area contributed by atoms with E-state index in [1.165, 1.54) is 22.5 Å². The van der Waals surface area contributed by atoms with Gasteiger partial charge < -0.3 is 5.32 Å². The molecular weight excluding hydrogens is 267 g/mol. The van der Waals surface area contributed by atoms with Crippen molar-refractivity contribution in [3.8, 4) is 0 Å². The summed E-state index contributed by atoms with van der Waals surface area (Å²) >= 11 is 0. The van der Waals surface area contributed by atoms with Crippen LogP contribution in [0.3, 0.4) is 0 Å². The summed E-state index contributed by atoms with van der Waals surface area (Å²) in [5.74, 6) is 0.453. The third-order valence-electron chi connectivity index (χ3n) is 4.10. The fourth-order valence-electron chi connectivity index (χ4n) is 3.00. The Labute approximate surface area is 112 Å². The number of rotatable bonds is 2. The fraction of sp³-hybridized carbons (Fsp3) is 0.538. The van der Waals surface area contributed by atoms with Gasteiger partial charge in [0.2, 0.25) is 10.0 Å². The van der Waals surface area contributed by atoms with Crippen molar-refractivity contribution in [2.45, 2.75) is 11.3 Å². The Bertz CT molecular complexity index is 576. The van der Waals surface area contributed by atoms with Gasteiger partial charge in [0.15, 0.2) is 0 Å². The number of piperidine rings is 1. The molecule has 3 rings (SSSR count). The first-order valence-electron chi connectivity index (χ1n) is 6.54. The summed E-state index contributed by atoms with van der Waals surface area (Å²) in [5.41, 5.74) is 0. The van der Waals surface area contributed by atoms with E-state index in [9.17, 15) is 12.8 Å². The van der Waals surface area contributed by atoms with Crippen molar-refractivity contribution in [1.29, 1.82) is 0 Å². The van der Waals surface area contributed by atoms with Crippen molar-refractivity contribution in [2.75, 3.05) is 26.2 Å². The van der Waals surface area contributed by atoms with Gasteiger partial charge in [0.05, 0.1) is 4.90 Å². The molecule has 1 aromatic carbocycles. The summed E-state index contributed by atoms with van der Waals surface area (Å²) < 4.78 is 39.6. The molecule has 0 spiro atoms. The highest BCUT2D eigenvalue weighted by Gasteiger charge is 2.37. The fourth-order valence-corrected chi connectivity index (χ4v) is 4.54. The van der Waals surface area contributed by atoms with Crippen molar-refractivity contribution >= 4 is 10.0 Å². The number of nitrogens with zero attached hydrogens (tertiary/aromatic N) is 1. The average Bonchev–Trinajstić information content (AvgIpc) is 2.85. The second-order valence-corrected chi connectivity index (χ2v) is 7.23. The van der Waals surface area contributed by atoms with E-state index in [4.69, 9.17) is 0 Å². The second kappa shape index (κ2) is 4.85. The van der Waals surface area contributed by atoms with Gasteiger partial charge >= 0.3 is 0 Å². The lowest BCUT2D eigenvalue weighted by Crippen LogP contribution is -2.43. The Kier molecular flexibility index (Phi) is 3.32. The summed E-state index contributed by atoms with van der Waals surface area (Å²) in [6.45, 7) is 2.93. The van der Waals surface area contributed by atoms with Crippen LogP contribution in [0.5, 0.6) is 0 Å². The lowest BCUT2D eigenvalue weighted by atomic mass is 9.90. The molecule has 2 aliphatic rings. The molecule has 4 nitrogen and oxygen atoms in total. The minimum Gasteiger partial charge on any atom is -0.316 e. The molecule has 0 aromatic heterocycles. The molecule has 2 heterocycles. The van der Waals surface area contributed by atoms with Crippen molar-refractivity contribution in [1.82, 2.24) is 9.62 Å². The number of nitrogens with one attached hydrogen (secondary N) is 1. The van der Waals surface area contributed by atoms with Gasteiger partial charge in [-0.1, -0.05) is 6.07 Å². The largest absolute Gasteiger partial charge is 0.316 e. The number of halogens is 1. The van der Waals surface area contributed by atoms with E-state index in [0.29, 0.717) is 24.9 Å². The third kappa shape index (κ3) is 2.40. The van der Waals surface area contributed by atoms with E-state index in [0.717, 1.165) is 25.6 Å². The topological polar surface area (TPSA) is 49.4 Å². The minimum absolute atomic E-state index is 0.0527. The first-order chi connectivity index (χ1) is 9.07. The van der Waals surface area contributed by atoms with Crippen LogP contribution in [-0.4, -0.2) is 38.9 Å². The van der Waals surface area contributed by atoms with Crippen LogP contribution >= 0.6 is 0 Å². The zero-order valence-electron chi connectivity index (χ0n) is 10.5. The number of fused-ring (bicyclic) bond motifs is 1. The van der Waals surface area contributed by atoms with Gasteiger partial charge in [0.1, 0.15) is 5.82 Å². The van der Waals surface area contributed by atoms with Crippen LogP contribution in [0.15, 0.2) is 29.2 Å². The van der Waals surface area contributed by atoms with Crippen LogP contribution < -0.4 is 5.32 Å². The summed E-state index contributed by atoms with van der Waals surface area (Å²) in [6.07, 6.45) is 0.881. The number of hydrogen-bond donors (Lipinski definition) is 1. The van der Waals surface area contributed by atoms with Crippen LogP contribution in [0.1, 0.15) is 6.42 Å². The molecule has 19 heavy (non-hydrogen) atoms. The normalized spacial score (nSPS) is 28.3. The van der Waals surface area contributed by atoms with Crippen LogP contribution in [0.25, 0.3) is 0 Å². The van der Waals surface area contributed by atoms with Crippen LogP contribution in [0.2, 0.25) is 0 Å². The summed E-state index contributed by atoms with van der Waals surface area (Å²) in [4.78, 5) is 0.0527. The first kappa shape index (κ1) is 13.0. The highest BCUT2D eigenvalue weighted by atomic mass is 32.2. The molecule has 2 unspecified atom stereocenters. The van der Waals surface area contributed by atoms with Gasteiger partial charge in [0, 0.05) is 13.1 Å². The number of sulfonamides is 1. The zero-order chi connectivity index (χ0) is 13.5. The predicted octanol–water partition coefficient (Wildman–Crippen LogP) is 1.06. The van der Waals surface area contributed by atoms with E-state index in [1.54, 1.807) is 0 Å². The Hall–Kier alpha value is -0.980. The van der Waals surface area contributed by atoms with Gasteiger partial charge in [-0.2, -0.15) is 4.31 Å². The Morgan fingerprint density at radius 2 is 2.05 bits per heavy atom. The van der Waals surface area contributed by atoms with Crippen molar-refractivity contribution < 1.29 is 12.8 Å². The van der Waals surface area contributed by atoms with Crippen molar-refractivity contribution in [2.24, 2.45) is 11.8 Å². The molecule has 1 N–H and O–H groups in total. The number of benzene rings is 1. The first-order valence-corrected chi connectivity index (χ1v) is 7.98. The maximum atomic E-state index is 13.2. The molecule has 2 aliphatic heterocycles. The molecule has 2 saturated heterocycles. The average molecular weight is 284 g/mol. The summed E-state index contributed by atoms with van der Waals surface area (Å²) in [7, 11) is -3.56. The van der Waals surface area contributed by atoms with Gasteiger partial charge in [0.25, 0.3) is 0 Å². The molecular formula is C13H17FN2O2S. The molecule has 0 amide bonds. The second-order valence-electron chi connectivity index (χ2n) is 5.29. The number of hydrogen-bond acceptors (Lipinski definition) is 3. The molecule has 0 saturated carbocycles. The van der Waals surface area contributed by atoms with E-state index in [1.807, 2.05) is 0 Å². The van der Waals surface area contributed by atoms with E-state index < -0.39 is 15.8 Å². The van der Waals surface area contributed by atoms with E-state index >= 15 is 0 Å². The maximum absolute atomic E-state index is 13.2. The Morgan fingerprint density at radius 3 is 2.84 bits per heavy atom. The smallest absolute Gasteiger partial charge is 0.243 e. The molecule has 0 radical (unpaired) electrons. The maximum Gasteiger partial charge on any atom is 0.243 e. The van der Waals surface area contributed by atoms with Gasteiger partial charge in [-0.05, 0) is 49.5 Å². The van der Waals surface area contributed by atoms with Gasteiger partial charge in [-0.15, -0.1) is 0 Å². The van der Waals surface area contributed by atoms with Gasteiger partial charge in [-0.25, -0.2) is 12.8 Å². The molecule has 0 aliphatic carbocycles. The molecule has 6 heteroatoms. The quantitative estimate of drug-likeness (QED) is 0.883. The molecule has 2 fully saturated rings. The summed E-state index contributed by atoms with van der Waals surface area (Å²) in [5, 5.41) is 3.30. The molecule has 1 aromatic rings. The highest BCUT2D eigenvalue weighted by molar-refractivity contribution is 7.89. The van der Waals surface area contributed by atoms with Crippen LogP contribution in [0, 0.1) is 17.7 Å². The van der Waals surface area contributed by atoms with Crippen molar-refractivity contribution in [3.63, 3.8) is 0 Å². The lowest BCUT2D eigenvalue weighted by Gasteiger charge is -2.33. The standard InChI is InChI=1S/C13H17FN2O2S/c14-12-2-1-3-13(6-12)19(17,18)16-5-4-10-7-15-8-11(10)9-16/h1-3,6,10-11,15H,4-5,7-9H2. The zero-order valence-corrected chi connectivity index (χ0v) is 11.4. The van der Waals surface area contributed by atoms with Crippen molar-refractivity contribution in [3.05, 3.63) is 30.1 Å². The lowest BCUT2D eigenvalue weighted by molar-refractivity contribution is 0.228. The predicted molar refractivity (Wildman–Crippen MR) is 69.6 cm³/mol. The van der Waals surface area contributed by atoms with Crippen LogP contribution in [-0.2, 0) is 10.0 Å². The van der Waals surface area contributed by atoms with E-state index in [-0.39, 0.29) is 4.90 Å². The third-order valence-corrected chi connectivity index (χ3v) is 5.96.